The highest BCUT2D eigenvalue weighted by molar-refractivity contribution is 6.19. The van der Waals surface area contributed by atoms with Crippen molar-refractivity contribution in [2.45, 2.75) is 38.1 Å². The standard InChI is InChI=1S/C17H25N3O/c1-3-5-15-14(7-13-21-2)19-17(8-10-18-11-9-17)16-6-4-12-20(15)16/h4-6,12,18H,3,7-11,13H2,1-2H3/b15-5+. The van der Waals surface area contributed by atoms with Crippen LogP contribution in [0.5, 0.6) is 0 Å². The number of fused-ring (bicyclic) bond motifs is 2. The van der Waals surface area contributed by atoms with Gasteiger partial charge in [-0.2, -0.15) is 0 Å². The molecule has 4 nitrogen and oxygen atoms in total. The molecule has 3 rings (SSSR count). The molecule has 0 aliphatic carbocycles. The number of rotatable bonds is 4. The minimum absolute atomic E-state index is 0.0388. The summed E-state index contributed by atoms with van der Waals surface area (Å²) in [6.45, 7) is 4.99. The first-order valence-corrected chi connectivity index (χ1v) is 7.98. The topological polar surface area (TPSA) is 38.5 Å². The number of aromatic nitrogens is 1. The van der Waals surface area contributed by atoms with E-state index in [0.717, 1.165) is 45.4 Å². The van der Waals surface area contributed by atoms with Crippen molar-refractivity contribution in [3.8, 4) is 0 Å². The highest BCUT2D eigenvalue weighted by atomic mass is 16.5. The zero-order valence-corrected chi connectivity index (χ0v) is 13.1. The molecular formula is C17H25N3O. The summed E-state index contributed by atoms with van der Waals surface area (Å²) in [5.41, 5.74) is 3.76. The molecular weight excluding hydrogens is 262 g/mol. The van der Waals surface area contributed by atoms with Crippen molar-refractivity contribution in [3.63, 3.8) is 0 Å². The Morgan fingerprint density at radius 3 is 2.95 bits per heavy atom. The molecule has 1 saturated heterocycles. The average molecular weight is 287 g/mol. The largest absolute Gasteiger partial charge is 0.384 e. The van der Waals surface area contributed by atoms with Gasteiger partial charge in [0.1, 0.15) is 5.54 Å². The maximum Gasteiger partial charge on any atom is 0.104 e. The van der Waals surface area contributed by atoms with Gasteiger partial charge in [-0.1, -0.05) is 13.0 Å². The number of allylic oxidation sites excluding steroid dienone is 2. The van der Waals surface area contributed by atoms with E-state index >= 15 is 0 Å². The molecule has 2 aliphatic heterocycles. The summed E-state index contributed by atoms with van der Waals surface area (Å²) in [7, 11) is 1.76. The Morgan fingerprint density at radius 2 is 2.24 bits per heavy atom. The minimum Gasteiger partial charge on any atom is -0.384 e. The lowest BCUT2D eigenvalue weighted by Gasteiger charge is -2.39. The van der Waals surface area contributed by atoms with Crippen LogP contribution in [0.2, 0.25) is 0 Å². The molecule has 0 radical (unpaired) electrons. The van der Waals surface area contributed by atoms with Crippen LogP contribution in [0, 0.1) is 0 Å². The van der Waals surface area contributed by atoms with Crippen molar-refractivity contribution < 1.29 is 4.74 Å². The van der Waals surface area contributed by atoms with Crippen LogP contribution < -0.4 is 5.32 Å². The Hall–Kier alpha value is -1.39. The summed E-state index contributed by atoms with van der Waals surface area (Å²) in [6, 6.07) is 4.39. The molecule has 114 valence electrons. The van der Waals surface area contributed by atoms with Crippen LogP contribution in [-0.2, 0) is 10.3 Å². The predicted molar refractivity (Wildman–Crippen MR) is 86.7 cm³/mol. The Kier molecular flexibility index (Phi) is 4.27. The number of nitrogens with zero attached hydrogens (tertiary/aromatic N) is 2. The van der Waals surface area contributed by atoms with Crippen molar-refractivity contribution in [2.24, 2.45) is 4.99 Å². The summed E-state index contributed by atoms with van der Waals surface area (Å²) in [5, 5.41) is 3.46. The number of hydrogen-bond donors (Lipinski definition) is 1. The molecule has 1 fully saturated rings. The molecule has 0 atom stereocenters. The lowest BCUT2D eigenvalue weighted by Crippen LogP contribution is -2.43. The number of nitrogens with one attached hydrogen (secondary N) is 1. The van der Waals surface area contributed by atoms with Gasteiger partial charge in [0.2, 0.25) is 0 Å². The molecule has 1 aromatic rings. The molecule has 1 spiro atoms. The van der Waals surface area contributed by atoms with Gasteiger partial charge in [-0.15, -0.1) is 0 Å². The summed E-state index contributed by atoms with van der Waals surface area (Å²) in [5.74, 6) is 0. The second-order valence-corrected chi connectivity index (χ2v) is 5.84. The van der Waals surface area contributed by atoms with Gasteiger partial charge < -0.3 is 14.6 Å². The summed E-state index contributed by atoms with van der Waals surface area (Å²) >= 11 is 0. The minimum atomic E-state index is -0.0388. The van der Waals surface area contributed by atoms with Gasteiger partial charge in [0.25, 0.3) is 0 Å². The SMILES string of the molecule is CC/C=C1\C(CCOC)=NC2(CCNCC2)c2cccn21. The van der Waals surface area contributed by atoms with Gasteiger partial charge in [0.05, 0.1) is 23.7 Å². The Bertz CT molecular complexity index is 550. The lowest BCUT2D eigenvalue weighted by atomic mass is 9.83. The first-order chi connectivity index (χ1) is 10.3. The van der Waals surface area contributed by atoms with Gasteiger partial charge in [-0.25, -0.2) is 0 Å². The van der Waals surface area contributed by atoms with Crippen LogP contribution in [0.3, 0.4) is 0 Å². The normalized spacial score (nSPS) is 22.4. The average Bonchev–Trinajstić information content (AvgIpc) is 3.00. The number of ether oxygens (including phenoxy) is 1. The fourth-order valence-corrected chi connectivity index (χ4v) is 3.48. The Morgan fingerprint density at radius 1 is 1.43 bits per heavy atom. The van der Waals surface area contributed by atoms with Crippen molar-refractivity contribution >= 4 is 11.4 Å². The van der Waals surface area contributed by atoms with Crippen LogP contribution in [0.4, 0.5) is 0 Å². The molecule has 4 heteroatoms. The van der Waals surface area contributed by atoms with E-state index in [2.05, 4.69) is 41.2 Å². The highest BCUT2D eigenvalue weighted by Gasteiger charge is 2.39. The van der Waals surface area contributed by atoms with E-state index in [9.17, 15) is 0 Å². The molecule has 21 heavy (non-hydrogen) atoms. The molecule has 0 saturated carbocycles. The molecule has 1 aromatic heterocycles. The van der Waals surface area contributed by atoms with Gasteiger partial charge in [0.15, 0.2) is 0 Å². The molecule has 2 aliphatic rings. The van der Waals surface area contributed by atoms with Crippen LogP contribution in [0.25, 0.3) is 5.70 Å². The van der Waals surface area contributed by atoms with Gasteiger partial charge in [-0.3, -0.25) is 4.99 Å². The lowest BCUT2D eigenvalue weighted by molar-refractivity contribution is 0.207. The number of piperidine rings is 1. The van der Waals surface area contributed by atoms with Crippen LogP contribution in [0.1, 0.15) is 38.3 Å². The van der Waals surface area contributed by atoms with Gasteiger partial charge in [0, 0.05) is 19.7 Å². The molecule has 3 heterocycles. The van der Waals surface area contributed by atoms with E-state index in [0.29, 0.717) is 0 Å². The number of aliphatic imine (C=N–C) groups is 1. The van der Waals surface area contributed by atoms with E-state index in [1.807, 2.05) is 0 Å². The fourth-order valence-electron chi connectivity index (χ4n) is 3.48. The van der Waals surface area contributed by atoms with E-state index in [1.165, 1.54) is 17.1 Å². The third kappa shape index (κ3) is 2.58. The monoisotopic (exact) mass is 287 g/mol. The second-order valence-electron chi connectivity index (χ2n) is 5.84. The van der Waals surface area contributed by atoms with Crippen molar-refractivity contribution in [2.75, 3.05) is 26.8 Å². The quantitative estimate of drug-likeness (QED) is 0.925. The van der Waals surface area contributed by atoms with Crippen molar-refractivity contribution in [3.05, 3.63) is 30.1 Å². The first-order valence-electron chi connectivity index (χ1n) is 7.98. The third-order valence-electron chi connectivity index (χ3n) is 4.50. The Balaban J connectivity index is 2.06. The van der Waals surface area contributed by atoms with Crippen molar-refractivity contribution in [1.82, 2.24) is 9.88 Å². The summed E-state index contributed by atoms with van der Waals surface area (Å²) < 4.78 is 7.64. The molecule has 0 bridgehead atoms. The molecule has 0 unspecified atom stereocenters. The van der Waals surface area contributed by atoms with Crippen LogP contribution in [0.15, 0.2) is 29.4 Å². The van der Waals surface area contributed by atoms with E-state index in [4.69, 9.17) is 9.73 Å². The predicted octanol–water partition coefficient (Wildman–Crippen LogP) is 2.81. The highest BCUT2D eigenvalue weighted by Crippen LogP contribution is 2.41. The van der Waals surface area contributed by atoms with E-state index < -0.39 is 0 Å². The number of hydrogen-bond acceptors (Lipinski definition) is 3. The van der Waals surface area contributed by atoms with Crippen LogP contribution in [-0.4, -0.2) is 37.1 Å². The van der Waals surface area contributed by atoms with E-state index in [-0.39, 0.29) is 5.54 Å². The fraction of sp³-hybridized carbons (Fsp3) is 0.588. The zero-order valence-electron chi connectivity index (χ0n) is 13.1. The Labute approximate surface area is 126 Å². The van der Waals surface area contributed by atoms with Crippen LogP contribution >= 0.6 is 0 Å². The number of methoxy groups -OCH3 is 1. The molecule has 1 N–H and O–H groups in total. The first kappa shape index (κ1) is 14.5. The van der Waals surface area contributed by atoms with Gasteiger partial charge >= 0.3 is 0 Å². The smallest absolute Gasteiger partial charge is 0.104 e. The molecule has 0 aromatic carbocycles. The summed E-state index contributed by atoms with van der Waals surface area (Å²) in [6.07, 6.45) is 8.52. The van der Waals surface area contributed by atoms with E-state index in [1.54, 1.807) is 7.11 Å². The third-order valence-corrected chi connectivity index (χ3v) is 4.50. The van der Waals surface area contributed by atoms with Crippen molar-refractivity contribution in [1.29, 1.82) is 0 Å². The second kappa shape index (κ2) is 6.16. The maximum atomic E-state index is 5.29. The zero-order chi connectivity index (χ0) is 14.7. The summed E-state index contributed by atoms with van der Waals surface area (Å²) in [4.78, 5) is 5.23. The molecule has 0 amide bonds. The van der Waals surface area contributed by atoms with Gasteiger partial charge in [-0.05, 0) is 44.5 Å². The maximum absolute atomic E-state index is 5.29.